The summed E-state index contributed by atoms with van der Waals surface area (Å²) in [5.41, 5.74) is 5.35. The fourth-order valence-electron chi connectivity index (χ4n) is 2.03. The van der Waals surface area contributed by atoms with Crippen molar-refractivity contribution in [2.75, 3.05) is 7.11 Å². The fourth-order valence-corrected chi connectivity index (χ4v) is 2.03. The molecule has 2 aromatic heterocycles. The maximum absolute atomic E-state index is 11.4. The van der Waals surface area contributed by atoms with Crippen molar-refractivity contribution < 1.29 is 19.0 Å². The standard InChI is InChI=1S/C14H12N4O5/c1-21-8-3-2-7(22-13(15)19)6-10(8)23-9-4-5-16-12-11(9)17-14(20)18-12/h2-6H,1H3,(H2,15,19)(H2,16,17,18,20). The SMILES string of the molecule is COc1ccc(OC(N)=O)cc1Oc1ccnc2[nH]c(=O)[nH]c12. The number of carbonyl (C=O) groups is 1. The number of imidazole rings is 1. The lowest BCUT2D eigenvalue weighted by Crippen LogP contribution is -2.16. The van der Waals surface area contributed by atoms with E-state index in [2.05, 4.69) is 15.0 Å². The molecule has 4 N–H and O–H groups in total. The Morgan fingerprint density at radius 2 is 2.00 bits per heavy atom. The number of methoxy groups -OCH3 is 1. The summed E-state index contributed by atoms with van der Waals surface area (Å²) >= 11 is 0. The molecule has 9 nitrogen and oxygen atoms in total. The topological polar surface area (TPSA) is 132 Å². The summed E-state index contributed by atoms with van der Waals surface area (Å²) in [6.45, 7) is 0. The van der Waals surface area contributed by atoms with Gasteiger partial charge in [0.1, 0.15) is 11.3 Å². The number of rotatable bonds is 4. The molecule has 0 atom stereocenters. The van der Waals surface area contributed by atoms with E-state index in [0.717, 1.165) is 0 Å². The van der Waals surface area contributed by atoms with Gasteiger partial charge in [0.15, 0.2) is 22.9 Å². The van der Waals surface area contributed by atoms with Crippen LogP contribution in [0.4, 0.5) is 4.79 Å². The van der Waals surface area contributed by atoms with E-state index >= 15 is 0 Å². The summed E-state index contributed by atoms with van der Waals surface area (Å²) < 4.78 is 15.8. The van der Waals surface area contributed by atoms with Crippen molar-refractivity contribution in [3.63, 3.8) is 0 Å². The first-order valence-electron chi connectivity index (χ1n) is 6.47. The van der Waals surface area contributed by atoms with Gasteiger partial charge >= 0.3 is 11.8 Å². The highest BCUT2D eigenvalue weighted by Gasteiger charge is 2.13. The Kier molecular flexibility index (Phi) is 3.59. The highest BCUT2D eigenvalue weighted by molar-refractivity contribution is 5.77. The lowest BCUT2D eigenvalue weighted by Gasteiger charge is -2.12. The average Bonchev–Trinajstić information content (AvgIpc) is 2.88. The Morgan fingerprint density at radius 3 is 2.74 bits per heavy atom. The molecule has 0 aliphatic carbocycles. The van der Waals surface area contributed by atoms with Crippen LogP contribution in [0.5, 0.6) is 23.0 Å². The van der Waals surface area contributed by atoms with Gasteiger partial charge in [-0.3, -0.25) is 4.98 Å². The molecule has 2 heterocycles. The van der Waals surface area contributed by atoms with Crippen LogP contribution in [0.3, 0.4) is 0 Å². The van der Waals surface area contributed by atoms with Gasteiger partial charge in [-0.1, -0.05) is 0 Å². The van der Waals surface area contributed by atoms with Crippen molar-refractivity contribution >= 4 is 17.3 Å². The third-order valence-electron chi connectivity index (χ3n) is 2.96. The van der Waals surface area contributed by atoms with Gasteiger partial charge in [0.05, 0.1) is 7.11 Å². The molecule has 3 aromatic rings. The van der Waals surface area contributed by atoms with Crippen LogP contribution in [0.15, 0.2) is 35.3 Å². The third-order valence-corrected chi connectivity index (χ3v) is 2.96. The summed E-state index contributed by atoms with van der Waals surface area (Å²) in [6.07, 6.45) is 0.542. The number of carbonyl (C=O) groups excluding carboxylic acids is 1. The Hall–Kier alpha value is -3.49. The van der Waals surface area contributed by atoms with Crippen LogP contribution in [0.25, 0.3) is 11.2 Å². The Morgan fingerprint density at radius 1 is 1.17 bits per heavy atom. The molecule has 0 aliphatic rings. The maximum atomic E-state index is 11.4. The number of amides is 1. The van der Waals surface area contributed by atoms with Gasteiger partial charge in [0, 0.05) is 18.3 Å². The number of hydrogen-bond donors (Lipinski definition) is 3. The zero-order valence-electron chi connectivity index (χ0n) is 12.0. The predicted molar refractivity (Wildman–Crippen MR) is 80.0 cm³/mol. The molecular weight excluding hydrogens is 304 g/mol. The van der Waals surface area contributed by atoms with E-state index in [1.165, 1.54) is 25.4 Å². The highest BCUT2D eigenvalue weighted by Crippen LogP contribution is 2.36. The summed E-state index contributed by atoms with van der Waals surface area (Å²) in [7, 11) is 1.47. The minimum absolute atomic E-state index is 0.196. The summed E-state index contributed by atoms with van der Waals surface area (Å²) in [5.74, 6) is 1.23. The molecular formula is C14H12N4O5. The maximum Gasteiger partial charge on any atom is 0.409 e. The van der Waals surface area contributed by atoms with E-state index in [1.54, 1.807) is 12.1 Å². The molecule has 9 heteroatoms. The van der Waals surface area contributed by atoms with E-state index in [1.807, 2.05) is 0 Å². The molecule has 0 spiro atoms. The van der Waals surface area contributed by atoms with E-state index in [0.29, 0.717) is 22.7 Å². The van der Waals surface area contributed by atoms with Crippen LogP contribution in [0.2, 0.25) is 0 Å². The van der Waals surface area contributed by atoms with Gasteiger partial charge < -0.3 is 24.9 Å². The Labute approximate surface area is 129 Å². The minimum Gasteiger partial charge on any atom is -0.493 e. The summed E-state index contributed by atoms with van der Waals surface area (Å²) in [6, 6.07) is 6.09. The first-order valence-corrected chi connectivity index (χ1v) is 6.47. The summed E-state index contributed by atoms with van der Waals surface area (Å²) in [5, 5.41) is 0. The van der Waals surface area contributed by atoms with Crippen molar-refractivity contribution in [1.29, 1.82) is 0 Å². The van der Waals surface area contributed by atoms with Gasteiger partial charge in [-0.2, -0.15) is 0 Å². The lowest BCUT2D eigenvalue weighted by atomic mass is 10.3. The molecule has 0 saturated heterocycles. The van der Waals surface area contributed by atoms with Gasteiger partial charge in [-0.25, -0.2) is 14.6 Å². The fraction of sp³-hybridized carbons (Fsp3) is 0.0714. The van der Waals surface area contributed by atoms with Crippen molar-refractivity contribution in [1.82, 2.24) is 15.0 Å². The van der Waals surface area contributed by atoms with Crippen LogP contribution in [-0.4, -0.2) is 28.2 Å². The molecule has 0 saturated carbocycles. The zero-order valence-corrected chi connectivity index (χ0v) is 12.0. The average molecular weight is 316 g/mol. The second kappa shape index (κ2) is 5.72. The van der Waals surface area contributed by atoms with Crippen molar-refractivity contribution in [2.24, 2.45) is 5.73 Å². The Balaban J connectivity index is 2.03. The number of ether oxygens (including phenoxy) is 3. The molecule has 23 heavy (non-hydrogen) atoms. The van der Waals surface area contributed by atoms with Gasteiger partial charge in [-0.15, -0.1) is 0 Å². The van der Waals surface area contributed by atoms with Crippen LogP contribution in [-0.2, 0) is 0 Å². The molecule has 0 aliphatic heterocycles. The number of benzene rings is 1. The van der Waals surface area contributed by atoms with E-state index in [4.69, 9.17) is 19.9 Å². The largest absolute Gasteiger partial charge is 0.493 e. The second-order valence-corrected chi connectivity index (χ2v) is 4.45. The van der Waals surface area contributed by atoms with E-state index < -0.39 is 11.8 Å². The van der Waals surface area contributed by atoms with Crippen molar-refractivity contribution in [2.45, 2.75) is 0 Å². The highest BCUT2D eigenvalue weighted by atomic mass is 16.6. The number of aromatic amines is 2. The van der Waals surface area contributed by atoms with Crippen LogP contribution in [0, 0.1) is 0 Å². The molecule has 1 amide bonds. The molecule has 0 bridgehead atoms. The van der Waals surface area contributed by atoms with E-state index in [-0.39, 0.29) is 11.5 Å². The first kappa shape index (κ1) is 14.4. The lowest BCUT2D eigenvalue weighted by molar-refractivity contribution is 0.210. The minimum atomic E-state index is -0.942. The zero-order chi connectivity index (χ0) is 16.4. The van der Waals surface area contributed by atoms with Crippen LogP contribution >= 0.6 is 0 Å². The molecule has 1 aromatic carbocycles. The monoisotopic (exact) mass is 316 g/mol. The van der Waals surface area contributed by atoms with Crippen molar-refractivity contribution in [3.05, 3.63) is 40.9 Å². The van der Waals surface area contributed by atoms with Gasteiger partial charge in [-0.05, 0) is 12.1 Å². The van der Waals surface area contributed by atoms with Crippen LogP contribution < -0.4 is 25.6 Å². The number of fused-ring (bicyclic) bond motifs is 1. The number of pyridine rings is 1. The number of hydrogen-bond acceptors (Lipinski definition) is 6. The Bertz CT molecular complexity index is 930. The molecule has 0 unspecified atom stereocenters. The number of nitrogens with two attached hydrogens (primary N) is 1. The number of aromatic nitrogens is 3. The quantitative estimate of drug-likeness (QED) is 0.668. The van der Waals surface area contributed by atoms with Gasteiger partial charge in [0.2, 0.25) is 0 Å². The third kappa shape index (κ3) is 2.93. The first-order chi connectivity index (χ1) is 11.1. The smallest absolute Gasteiger partial charge is 0.409 e. The van der Waals surface area contributed by atoms with Crippen LogP contribution in [0.1, 0.15) is 0 Å². The number of H-pyrrole nitrogens is 2. The van der Waals surface area contributed by atoms with Gasteiger partial charge in [0.25, 0.3) is 0 Å². The second-order valence-electron chi connectivity index (χ2n) is 4.45. The number of nitrogens with one attached hydrogen (secondary N) is 2. The molecule has 0 radical (unpaired) electrons. The molecule has 0 fully saturated rings. The normalized spacial score (nSPS) is 10.5. The summed E-state index contributed by atoms with van der Waals surface area (Å²) in [4.78, 5) is 31.4. The number of primary amides is 1. The van der Waals surface area contributed by atoms with E-state index in [9.17, 15) is 9.59 Å². The predicted octanol–water partition coefficient (Wildman–Crippen LogP) is 1.51. The molecule has 118 valence electrons. The molecule has 3 rings (SSSR count). The number of nitrogens with zero attached hydrogens (tertiary/aromatic N) is 1. The van der Waals surface area contributed by atoms with Crippen molar-refractivity contribution in [3.8, 4) is 23.0 Å².